The first kappa shape index (κ1) is 11.7. The predicted octanol–water partition coefficient (Wildman–Crippen LogP) is 2.35. The summed E-state index contributed by atoms with van der Waals surface area (Å²) >= 11 is 0. The third-order valence-electron chi connectivity index (χ3n) is 4.14. The summed E-state index contributed by atoms with van der Waals surface area (Å²) in [5, 5.41) is 2.77. The number of hydrogen-bond donors (Lipinski definition) is 1. The Bertz CT molecular complexity index is 489. The summed E-state index contributed by atoms with van der Waals surface area (Å²) in [6.45, 7) is 1.08. The van der Waals surface area contributed by atoms with Crippen molar-refractivity contribution in [2.24, 2.45) is 0 Å². The van der Waals surface area contributed by atoms with Crippen LogP contribution in [-0.4, -0.2) is 30.4 Å². The summed E-state index contributed by atoms with van der Waals surface area (Å²) in [5.41, 5.74) is 1.73. The molecule has 2 atom stereocenters. The first-order valence-corrected chi connectivity index (χ1v) is 6.44. The van der Waals surface area contributed by atoms with E-state index in [9.17, 15) is 9.18 Å². The van der Waals surface area contributed by atoms with Crippen molar-refractivity contribution in [1.29, 1.82) is 0 Å². The van der Waals surface area contributed by atoms with Crippen molar-refractivity contribution >= 4 is 11.6 Å². The highest BCUT2D eigenvalue weighted by atomic mass is 19.1. The summed E-state index contributed by atoms with van der Waals surface area (Å²) in [6, 6.07) is 5.13. The molecule has 0 spiro atoms. The number of anilines is 1. The number of hydrogen-bond acceptors (Lipinski definition) is 2. The second kappa shape index (κ2) is 4.35. The van der Waals surface area contributed by atoms with Crippen molar-refractivity contribution in [2.75, 3.05) is 18.9 Å². The van der Waals surface area contributed by atoms with Crippen molar-refractivity contribution in [1.82, 2.24) is 4.90 Å². The van der Waals surface area contributed by atoms with Crippen molar-refractivity contribution in [3.63, 3.8) is 0 Å². The number of nitrogens with one attached hydrogen (secondary N) is 1. The average molecular weight is 248 g/mol. The molecule has 2 heterocycles. The van der Waals surface area contributed by atoms with Crippen LogP contribution in [0.1, 0.15) is 30.7 Å². The Balaban J connectivity index is 1.99. The number of benzene rings is 1. The zero-order valence-electron chi connectivity index (χ0n) is 10.4. The molecule has 1 aromatic rings. The SMILES string of the molecule is CN1CCCC1C1CC(=O)Nc2cc(F)ccc21. The van der Waals surface area contributed by atoms with Crippen LogP contribution in [0.2, 0.25) is 0 Å². The van der Waals surface area contributed by atoms with Crippen LogP contribution in [0.5, 0.6) is 0 Å². The maximum Gasteiger partial charge on any atom is 0.225 e. The van der Waals surface area contributed by atoms with Crippen molar-refractivity contribution in [3.8, 4) is 0 Å². The van der Waals surface area contributed by atoms with Gasteiger partial charge in [-0.25, -0.2) is 4.39 Å². The van der Waals surface area contributed by atoms with Crippen molar-refractivity contribution in [3.05, 3.63) is 29.6 Å². The Labute approximate surface area is 106 Å². The molecule has 2 aliphatic rings. The van der Waals surface area contributed by atoms with Crippen LogP contribution < -0.4 is 5.32 Å². The largest absolute Gasteiger partial charge is 0.326 e. The maximum absolute atomic E-state index is 13.2. The van der Waals surface area contributed by atoms with Crippen LogP contribution in [0, 0.1) is 5.82 Å². The summed E-state index contributed by atoms with van der Waals surface area (Å²) < 4.78 is 13.2. The normalized spacial score (nSPS) is 28.0. The molecule has 1 N–H and O–H groups in total. The fourth-order valence-corrected chi connectivity index (χ4v) is 3.26. The highest BCUT2D eigenvalue weighted by molar-refractivity contribution is 5.94. The van der Waals surface area contributed by atoms with Gasteiger partial charge in [-0.3, -0.25) is 4.79 Å². The van der Waals surface area contributed by atoms with Gasteiger partial charge in [-0.1, -0.05) is 6.07 Å². The van der Waals surface area contributed by atoms with Gasteiger partial charge in [0.1, 0.15) is 5.82 Å². The van der Waals surface area contributed by atoms with Gasteiger partial charge in [0.05, 0.1) is 0 Å². The summed E-state index contributed by atoms with van der Waals surface area (Å²) in [5.74, 6) is -0.102. The minimum Gasteiger partial charge on any atom is -0.326 e. The van der Waals surface area contributed by atoms with E-state index in [1.165, 1.54) is 18.6 Å². The van der Waals surface area contributed by atoms with E-state index in [-0.39, 0.29) is 17.6 Å². The molecule has 0 saturated carbocycles. The van der Waals surface area contributed by atoms with E-state index >= 15 is 0 Å². The van der Waals surface area contributed by atoms with E-state index in [1.54, 1.807) is 0 Å². The van der Waals surface area contributed by atoms with Gasteiger partial charge in [-0.15, -0.1) is 0 Å². The van der Waals surface area contributed by atoms with Crippen LogP contribution >= 0.6 is 0 Å². The molecule has 0 bridgehead atoms. The third-order valence-corrected chi connectivity index (χ3v) is 4.14. The van der Waals surface area contributed by atoms with Gasteiger partial charge in [0, 0.05) is 24.1 Å². The number of amides is 1. The molecule has 96 valence electrons. The van der Waals surface area contributed by atoms with Crippen molar-refractivity contribution in [2.45, 2.75) is 31.2 Å². The molecular formula is C14H17FN2O. The van der Waals surface area contributed by atoms with Crippen molar-refractivity contribution < 1.29 is 9.18 Å². The zero-order valence-corrected chi connectivity index (χ0v) is 10.4. The van der Waals surface area contributed by atoms with E-state index in [0.29, 0.717) is 18.2 Å². The Hall–Kier alpha value is -1.42. The molecule has 4 heteroatoms. The lowest BCUT2D eigenvalue weighted by Crippen LogP contribution is -2.36. The number of rotatable bonds is 1. The van der Waals surface area contributed by atoms with Gasteiger partial charge in [0.2, 0.25) is 5.91 Å². The Morgan fingerprint density at radius 2 is 2.28 bits per heavy atom. The Morgan fingerprint density at radius 3 is 3.00 bits per heavy atom. The van der Waals surface area contributed by atoms with Crippen LogP contribution in [0.15, 0.2) is 18.2 Å². The molecule has 0 aromatic heterocycles. The molecule has 3 rings (SSSR count). The number of nitrogens with zero attached hydrogens (tertiary/aromatic N) is 1. The van der Waals surface area contributed by atoms with Crippen LogP contribution in [0.3, 0.4) is 0 Å². The van der Waals surface area contributed by atoms with Gasteiger partial charge in [0.15, 0.2) is 0 Å². The molecule has 1 amide bonds. The predicted molar refractivity (Wildman–Crippen MR) is 68.0 cm³/mol. The van der Waals surface area contributed by atoms with E-state index < -0.39 is 0 Å². The van der Waals surface area contributed by atoms with Gasteiger partial charge in [-0.2, -0.15) is 0 Å². The minimum absolute atomic E-state index is 0.00148. The monoisotopic (exact) mass is 248 g/mol. The van der Waals surface area contributed by atoms with Crippen LogP contribution in [0.4, 0.5) is 10.1 Å². The fourth-order valence-electron chi connectivity index (χ4n) is 3.26. The Morgan fingerprint density at radius 1 is 1.44 bits per heavy atom. The number of halogens is 1. The smallest absolute Gasteiger partial charge is 0.225 e. The number of carbonyl (C=O) groups is 1. The lowest BCUT2D eigenvalue weighted by molar-refractivity contribution is -0.117. The molecule has 0 aliphatic carbocycles. The zero-order chi connectivity index (χ0) is 12.7. The quantitative estimate of drug-likeness (QED) is 0.827. The maximum atomic E-state index is 13.2. The van der Waals surface area contributed by atoms with Gasteiger partial charge >= 0.3 is 0 Å². The highest BCUT2D eigenvalue weighted by Gasteiger charge is 2.35. The van der Waals surface area contributed by atoms with Gasteiger partial charge in [0.25, 0.3) is 0 Å². The molecular weight excluding hydrogens is 231 g/mol. The molecule has 1 fully saturated rings. The first-order valence-electron chi connectivity index (χ1n) is 6.44. The molecule has 2 unspecified atom stereocenters. The topological polar surface area (TPSA) is 32.3 Å². The standard InChI is InChI=1S/C14H17FN2O/c1-17-6-2-3-13(17)11-8-14(18)16-12-7-9(15)4-5-10(11)12/h4-5,7,11,13H,2-3,6,8H2,1H3,(H,16,18). The summed E-state index contributed by atoms with van der Waals surface area (Å²) in [4.78, 5) is 14.1. The lowest BCUT2D eigenvalue weighted by atomic mass is 9.83. The Kier molecular flexibility index (Phi) is 2.82. The number of likely N-dealkylation sites (N-methyl/N-ethyl adjacent to an activating group) is 1. The van der Waals surface area contributed by atoms with Crippen LogP contribution in [-0.2, 0) is 4.79 Å². The first-order chi connectivity index (χ1) is 8.65. The number of likely N-dealkylation sites (tertiary alicyclic amines) is 1. The summed E-state index contributed by atoms with van der Waals surface area (Å²) in [6.07, 6.45) is 2.80. The molecule has 0 radical (unpaired) electrons. The third kappa shape index (κ3) is 1.90. The molecule has 3 nitrogen and oxygen atoms in total. The second-order valence-electron chi connectivity index (χ2n) is 5.28. The van der Waals surface area contributed by atoms with E-state index in [4.69, 9.17) is 0 Å². The fraction of sp³-hybridized carbons (Fsp3) is 0.500. The second-order valence-corrected chi connectivity index (χ2v) is 5.28. The summed E-state index contributed by atoms with van der Waals surface area (Å²) in [7, 11) is 2.10. The molecule has 1 aromatic carbocycles. The van der Waals surface area contributed by atoms with Gasteiger partial charge in [-0.05, 0) is 44.1 Å². The van der Waals surface area contributed by atoms with Crippen LogP contribution in [0.25, 0.3) is 0 Å². The molecule has 1 saturated heterocycles. The highest BCUT2D eigenvalue weighted by Crippen LogP contribution is 2.39. The lowest BCUT2D eigenvalue weighted by Gasteiger charge is -2.33. The number of carbonyl (C=O) groups excluding carboxylic acids is 1. The van der Waals surface area contributed by atoms with Gasteiger partial charge < -0.3 is 10.2 Å². The molecule has 18 heavy (non-hydrogen) atoms. The van der Waals surface area contributed by atoms with E-state index in [1.807, 2.05) is 6.07 Å². The number of fused-ring (bicyclic) bond motifs is 1. The van der Waals surface area contributed by atoms with E-state index in [2.05, 4.69) is 17.3 Å². The molecule has 2 aliphatic heterocycles. The minimum atomic E-state index is -0.297. The average Bonchev–Trinajstić information content (AvgIpc) is 2.73. The van der Waals surface area contributed by atoms with E-state index in [0.717, 1.165) is 18.5 Å².